The highest BCUT2D eigenvalue weighted by Crippen LogP contribution is 2.29. The predicted molar refractivity (Wildman–Crippen MR) is 65.2 cm³/mol. The molecule has 5 N–H and O–H groups in total. The summed E-state index contributed by atoms with van der Waals surface area (Å²) in [5, 5.41) is 4.18. The van der Waals surface area contributed by atoms with Crippen molar-refractivity contribution in [1.82, 2.24) is 0 Å². The molecule has 0 fully saturated rings. The van der Waals surface area contributed by atoms with E-state index in [1.807, 2.05) is 0 Å². The second-order valence-corrected chi connectivity index (χ2v) is 4.99. The summed E-state index contributed by atoms with van der Waals surface area (Å²) in [6.45, 7) is 6.35. The van der Waals surface area contributed by atoms with Crippen LogP contribution in [0.1, 0.15) is 30.4 Å². The lowest BCUT2D eigenvalue weighted by Gasteiger charge is -2.16. The molecule has 84 valence electrons. The largest absolute Gasteiger partial charge is 0.397 e. The minimum absolute atomic E-state index is 0.337. The van der Waals surface area contributed by atoms with Crippen molar-refractivity contribution in [2.24, 2.45) is 11.7 Å². The van der Waals surface area contributed by atoms with Gasteiger partial charge < -0.3 is 16.8 Å². The first-order valence-corrected chi connectivity index (χ1v) is 5.69. The molecule has 0 saturated heterocycles. The molecule has 1 atom stereocenters. The summed E-state index contributed by atoms with van der Waals surface area (Å²) in [7, 11) is 0. The zero-order valence-corrected chi connectivity index (χ0v) is 10.0. The van der Waals surface area contributed by atoms with Crippen molar-refractivity contribution in [2.45, 2.75) is 26.8 Å². The van der Waals surface area contributed by atoms with E-state index in [9.17, 15) is 4.79 Å². The van der Waals surface area contributed by atoms with Gasteiger partial charge in [0.25, 0.3) is 5.91 Å². The molecule has 0 aromatic carbocycles. The number of hydrogen-bond acceptors (Lipinski definition) is 4. The van der Waals surface area contributed by atoms with E-state index in [0.717, 1.165) is 5.00 Å². The van der Waals surface area contributed by atoms with E-state index in [1.54, 1.807) is 6.07 Å². The molecule has 4 nitrogen and oxygen atoms in total. The number of primary amides is 1. The first-order valence-electron chi connectivity index (χ1n) is 4.87. The predicted octanol–water partition coefficient (Wildman–Crippen LogP) is 1.89. The summed E-state index contributed by atoms with van der Waals surface area (Å²) < 4.78 is 0. The molecular formula is C10H17N3OS. The van der Waals surface area contributed by atoms with Gasteiger partial charge in [-0.1, -0.05) is 13.8 Å². The molecule has 5 heteroatoms. The maximum Gasteiger partial charge on any atom is 0.260 e. The average Bonchev–Trinajstić information content (AvgIpc) is 2.46. The number of amides is 1. The molecule has 0 spiro atoms. The van der Waals surface area contributed by atoms with Crippen molar-refractivity contribution in [2.75, 3.05) is 11.1 Å². The SMILES string of the molecule is CC(C)C(C)Nc1cc(N)c(C(N)=O)s1. The number of hydrogen-bond donors (Lipinski definition) is 3. The Morgan fingerprint density at radius 1 is 1.47 bits per heavy atom. The van der Waals surface area contributed by atoms with Crippen LogP contribution in [0.4, 0.5) is 10.7 Å². The third kappa shape index (κ3) is 2.86. The van der Waals surface area contributed by atoms with Crippen molar-refractivity contribution >= 4 is 27.9 Å². The van der Waals surface area contributed by atoms with E-state index in [-0.39, 0.29) is 0 Å². The van der Waals surface area contributed by atoms with Gasteiger partial charge in [-0.15, -0.1) is 11.3 Å². The third-order valence-electron chi connectivity index (χ3n) is 2.35. The molecule has 0 aliphatic carbocycles. The number of nitrogen functional groups attached to an aromatic ring is 1. The second kappa shape index (κ2) is 4.53. The van der Waals surface area contributed by atoms with Gasteiger partial charge in [0.2, 0.25) is 0 Å². The molecule has 0 radical (unpaired) electrons. The van der Waals surface area contributed by atoms with Gasteiger partial charge in [0, 0.05) is 6.04 Å². The highest BCUT2D eigenvalue weighted by molar-refractivity contribution is 7.18. The third-order valence-corrected chi connectivity index (χ3v) is 3.45. The highest BCUT2D eigenvalue weighted by Gasteiger charge is 2.13. The van der Waals surface area contributed by atoms with Crippen LogP contribution < -0.4 is 16.8 Å². The lowest BCUT2D eigenvalue weighted by atomic mass is 10.1. The molecule has 0 saturated carbocycles. The van der Waals surface area contributed by atoms with Gasteiger partial charge in [-0.2, -0.15) is 0 Å². The number of nitrogens with two attached hydrogens (primary N) is 2. The summed E-state index contributed by atoms with van der Waals surface area (Å²) in [4.78, 5) is 11.4. The number of carbonyl (C=O) groups excluding carboxylic acids is 1. The number of rotatable bonds is 4. The molecule has 1 rings (SSSR count). The summed E-state index contributed by atoms with van der Waals surface area (Å²) in [5.41, 5.74) is 11.3. The van der Waals surface area contributed by atoms with Crippen LogP contribution in [0.15, 0.2) is 6.07 Å². The molecule has 0 bridgehead atoms. The molecule has 1 unspecified atom stereocenters. The van der Waals surface area contributed by atoms with Crippen molar-refractivity contribution in [3.8, 4) is 0 Å². The van der Waals surface area contributed by atoms with Crippen LogP contribution in [0.2, 0.25) is 0 Å². The molecular weight excluding hydrogens is 210 g/mol. The summed E-state index contributed by atoms with van der Waals surface area (Å²) in [6, 6.07) is 2.09. The fourth-order valence-electron chi connectivity index (χ4n) is 1.06. The molecule has 1 aromatic heterocycles. The average molecular weight is 227 g/mol. The van der Waals surface area contributed by atoms with E-state index >= 15 is 0 Å². The number of nitrogens with one attached hydrogen (secondary N) is 1. The molecule has 1 aromatic rings. The minimum atomic E-state index is -0.470. The Bertz CT molecular complexity index is 360. The Balaban J connectivity index is 2.80. The molecule has 1 heterocycles. The maximum atomic E-state index is 11.0. The van der Waals surface area contributed by atoms with Gasteiger partial charge in [-0.05, 0) is 18.9 Å². The van der Waals surface area contributed by atoms with E-state index in [1.165, 1.54) is 11.3 Å². The van der Waals surface area contributed by atoms with Crippen LogP contribution in [-0.4, -0.2) is 11.9 Å². The summed E-state index contributed by atoms with van der Waals surface area (Å²) in [5.74, 6) is 0.0492. The first kappa shape index (κ1) is 11.8. The Labute approximate surface area is 93.7 Å². The van der Waals surface area contributed by atoms with Crippen LogP contribution in [0.3, 0.4) is 0 Å². The van der Waals surface area contributed by atoms with Crippen LogP contribution in [0, 0.1) is 5.92 Å². The van der Waals surface area contributed by atoms with Gasteiger partial charge in [0.15, 0.2) is 0 Å². The number of carbonyl (C=O) groups is 1. The first-order chi connectivity index (χ1) is 6.91. The zero-order chi connectivity index (χ0) is 11.6. The summed E-state index contributed by atoms with van der Waals surface area (Å²) in [6.07, 6.45) is 0. The number of thiophene rings is 1. The van der Waals surface area contributed by atoms with E-state index in [2.05, 4.69) is 26.1 Å². The molecule has 15 heavy (non-hydrogen) atoms. The molecule has 0 aliphatic rings. The van der Waals surface area contributed by atoms with E-state index < -0.39 is 5.91 Å². The quantitative estimate of drug-likeness (QED) is 0.734. The van der Waals surface area contributed by atoms with Gasteiger partial charge in [-0.25, -0.2) is 0 Å². The van der Waals surface area contributed by atoms with Gasteiger partial charge in [0.05, 0.1) is 10.7 Å². The van der Waals surface area contributed by atoms with Crippen LogP contribution >= 0.6 is 11.3 Å². The van der Waals surface area contributed by atoms with Crippen LogP contribution in [0.25, 0.3) is 0 Å². The second-order valence-electron chi connectivity index (χ2n) is 3.94. The fraction of sp³-hybridized carbons (Fsp3) is 0.500. The van der Waals surface area contributed by atoms with Crippen LogP contribution in [-0.2, 0) is 0 Å². The monoisotopic (exact) mass is 227 g/mol. The van der Waals surface area contributed by atoms with Gasteiger partial charge in [0.1, 0.15) is 4.88 Å². The van der Waals surface area contributed by atoms with Crippen LogP contribution in [0.5, 0.6) is 0 Å². The Hall–Kier alpha value is -1.23. The maximum absolute atomic E-state index is 11.0. The normalized spacial score (nSPS) is 12.8. The lowest BCUT2D eigenvalue weighted by Crippen LogP contribution is -2.20. The summed E-state index contributed by atoms with van der Waals surface area (Å²) >= 11 is 1.30. The Morgan fingerprint density at radius 3 is 2.47 bits per heavy atom. The fourth-order valence-corrected chi connectivity index (χ4v) is 1.99. The molecule has 1 amide bonds. The van der Waals surface area contributed by atoms with Crippen molar-refractivity contribution in [1.29, 1.82) is 0 Å². The lowest BCUT2D eigenvalue weighted by molar-refractivity contribution is 0.100. The van der Waals surface area contributed by atoms with E-state index in [4.69, 9.17) is 11.5 Å². The Kier molecular flexibility index (Phi) is 3.57. The zero-order valence-electron chi connectivity index (χ0n) is 9.20. The van der Waals surface area contributed by atoms with Gasteiger partial charge >= 0.3 is 0 Å². The van der Waals surface area contributed by atoms with Crippen molar-refractivity contribution < 1.29 is 4.79 Å². The van der Waals surface area contributed by atoms with Crippen molar-refractivity contribution in [3.05, 3.63) is 10.9 Å². The topological polar surface area (TPSA) is 81.1 Å². The molecule has 0 aliphatic heterocycles. The minimum Gasteiger partial charge on any atom is -0.397 e. The Morgan fingerprint density at radius 2 is 2.07 bits per heavy atom. The standard InChI is InChI=1S/C10H17N3OS/c1-5(2)6(3)13-8-4-7(11)9(15-8)10(12)14/h4-6,13H,11H2,1-3H3,(H2,12,14). The van der Waals surface area contributed by atoms with Crippen molar-refractivity contribution in [3.63, 3.8) is 0 Å². The van der Waals surface area contributed by atoms with E-state index in [0.29, 0.717) is 22.5 Å². The van der Waals surface area contributed by atoms with Gasteiger partial charge in [-0.3, -0.25) is 4.79 Å². The number of anilines is 2. The highest BCUT2D eigenvalue weighted by atomic mass is 32.1. The smallest absolute Gasteiger partial charge is 0.260 e.